The summed E-state index contributed by atoms with van der Waals surface area (Å²) in [7, 11) is -3.33. The van der Waals surface area contributed by atoms with Crippen molar-refractivity contribution in [1.82, 2.24) is 9.88 Å². The first-order chi connectivity index (χ1) is 13.4. The molecule has 1 aliphatic heterocycles. The summed E-state index contributed by atoms with van der Waals surface area (Å²) in [5, 5.41) is 3.64. The molecule has 0 bridgehead atoms. The third-order valence-corrected chi connectivity index (χ3v) is 7.10. The van der Waals surface area contributed by atoms with Crippen LogP contribution in [0.2, 0.25) is 5.02 Å². The Hall–Kier alpha value is -1.99. The highest BCUT2D eigenvalue weighted by atomic mass is 35.5. The molecule has 2 aromatic carbocycles. The highest BCUT2D eigenvalue weighted by molar-refractivity contribution is 8.00. The average Bonchev–Trinajstić information content (AvgIpc) is 3.15. The van der Waals surface area contributed by atoms with Crippen molar-refractivity contribution in [2.24, 2.45) is 0 Å². The van der Waals surface area contributed by atoms with Gasteiger partial charge >= 0.3 is 0 Å². The third kappa shape index (κ3) is 3.91. The zero-order valence-corrected chi connectivity index (χ0v) is 17.6. The van der Waals surface area contributed by atoms with Crippen molar-refractivity contribution >= 4 is 37.7 Å². The van der Waals surface area contributed by atoms with Crippen molar-refractivity contribution in [3.05, 3.63) is 92.9 Å². The van der Waals surface area contributed by atoms with Crippen LogP contribution in [0.5, 0.6) is 0 Å². The van der Waals surface area contributed by atoms with E-state index >= 15 is 0 Å². The second-order valence-corrected chi connectivity index (χ2v) is 10.1. The Bertz CT molecular complexity index is 1090. The molecule has 4 rings (SSSR count). The van der Waals surface area contributed by atoms with E-state index in [4.69, 9.17) is 11.6 Å². The molecule has 0 N–H and O–H groups in total. The first kappa shape index (κ1) is 19.3. The molecule has 1 aliphatic rings. The molecule has 0 aliphatic carbocycles. The summed E-state index contributed by atoms with van der Waals surface area (Å²) in [4.78, 5) is 7.19. The van der Waals surface area contributed by atoms with E-state index in [1.54, 1.807) is 17.5 Å². The lowest BCUT2D eigenvalue weighted by molar-refractivity contribution is 0.203. The fraction of sp³-hybridized carbons (Fsp3) is 0.190. The molecule has 0 spiro atoms. The van der Waals surface area contributed by atoms with Crippen LogP contribution in [-0.2, 0) is 9.84 Å². The molecule has 1 aromatic heterocycles. The minimum Gasteiger partial charge on any atom is -0.282 e. The van der Waals surface area contributed by atoms with Gasteiger partial charge in [-0.3, -0.25) is 4.90 Å². The van der Waals surface area contributed by atoms with E-state index in [2.05, 4.69) is 9.88 Å². The van der Waals surface area contributed by atoms with Crippen LogP contribution in [0.3, 0.4) is 0 Å². The van der Waals surface area contributed by atoms with E-state index in [1.807, 2.05) is 60.0 Å². The molecule has 1 fully saturated rings. The molecular weight excluding hydrogens is 412 g/mol. The number of rotatable bonds is 5. The molecule has 1 saturated heterocycles. The zero-order valence-electron chi connectivity index (χ0n) is 15.2. The standard InChI is InChI=1S/C21H19ClN2O2S2/c1-28(25,26)20(16-5-3-2-4-6-16)17-13-24(14-17)19(21-23-11-12-27-21)15-7-9-18(22)10-8-15/h2-12,19H,13-14H2,1H3/t19-/m0/s1. The summed E-state index contributed by atoms with van der Waals surface area (Å²) in [6, 6.07) is 17.1. The summed E-state index contributed by atoms with van der Waals surface area (Å²) in [5.41, 5.74) is 2.78. The van der Waals surface area contributed by atoms with Gasteiger partial charge in [0.25, 0.3) is 0 Å². The maximum atomic E-state index is 12.5. The quantitative estimate of drug-likeness (QED) is 0.590. The van der Waals surface area contributed by atoms with E-state index in [0.717, 1.165) is 21.7 Å². The molecule has 3 aromatic rings. The molecule has 4 nitrogen and oxygen atoms in total. The minimum absolute atomic E-state index is 0.0161. The van der Waals surface area contributed by atoms with Gasteiger partial charge in [-0.1, -0.05) is 54.1 Å². The fourth-order valence-corrected chi connectivity index (χ4v) is 5.70. The Labute approximate surface area is 174 Å². The van der Waals surface area contributed by atoms with E-state index in [-0.39, 0.29) is 6.04 Å². The average molecular weight is 431 g/mol. The highest BCUT2D eigenvalue weighted by Crippen LogP contribution is 2.38. The largest absolute Gasteiger partial charge is 0.282 e. The molecule has 1 atom stereocenters. The predicted octanol–water partition coefficient (Wildman–Crippen LogP) is 4.66. The van der Waals surface area contributed by atoms with Gasteiger partial charge in [0.05, 0.1) is 10.9 Å². The Balaban J connectivity index is 1.69. The Morgan fingerprint density at radius 2 is 1.79 bits per heavy atom. The molecule has 144 valence electrons. The number of hydrogen-bond donors (Lipinski definition) is 0. The highest BCUT2D eigenvalue weighted by Gasteiger charge is 2.35. The van der Waals surface area contributed by atoms with Crippen LogP contribution >= 0.6 is 22.9 Å². The van der Waals surface area contributed by atoms with Gasteiger partial charge in [-0.2, -0.15) is 0 Å². The monoisotopic (exact) mass is 430 g/mol. The van der Waals surface area contributed by atoms with Crippen molar-refractivity contribution in [1.29, 1.82) is 0 Å². The SMILES string of the molecule is CS(=O)(=O)C(=C1CN([C@@H](c2ccc(Cl)cc2)c2nccs2)C1)c1ccccc1. The van der Waals surface area contributed by atoms with Crippen LogP contribution in [0.15, 0.2) is 71.7 Å². The smallest absolute Gasteiger partial charge is 0.176 e. The minimum atomic E-state index is -3.33. The summed E-state index contributed by atoms with van der Waals surface area (Å²) in [6.45, 7) is 1.17. The van der Waals surface area contributed by atoms with Crippen molar-refractivity contribution in [3.8, 4) is 0 Å². The van der Waals surface area contributed by atoms with E-state index in [1.165, 1.54) is 6.26 Å². The van der Waals surface area contributed by atoms with Gasteiger partial charge in [0.1, 0.15) is 5.01 Å². The number of benzene rings is 2. The Kier molecular flexibility index (Phi) is 5.38. The molecule has 28 heavy (non-hydrogen) atoms. The summed E-state index contributed by atoms with van der Waals surface area (Å²) < 4.78 is 25.0. The van der Waals surface area contributed by atoms with Gasteiger partial charge < -0.3 is 0 Å². The van der Waals surface area contributed by atoms with Crippen LogP contribution in [0.1, 0.15) is 22.2 Å². The maximum Gasteiger partial charge on any atom is 0.176 e. The first-order valence-electron chi connectivity index (χ1n) is 8.80. The zero-order chi connectivity index (χ0) is 19.7. The second-order valence-electron chi connectivity index (χ2n) is 6.80. The van der Waals surface area contributed by atoms with Crippen LogP contribution in [-0.4, -0.2) is 37.6 Å². The van der Waals surface area contributed by atoms with Gasteiger partial charge in [-0.05, 0) is 28.8 Å². The lowest BCUT2D eigenvalue weighted by Gasteiger charge is -2.41. The normalized spacial score (nSPS) is 15.9. The molecule has 0 radical (unpaired) electrons. The second kappa shape index (κ2) is 7.79. The van der Waals surface area contributed by atoms with Crippen LogP contribution in [0, 0.1) is 0 Å². The summed E-state index contributed by atoms with van der Waals surface area (Å²) >= 11 is 7.65. The van der Waals surface area contributed by atoms with Crippen molar-refractivity contribution in [2.75, 3.05) is 19.3 Å². The lowest BCUT2D eigenvalue weighted by atomic mass is 9.97. The van der Waals surface area contributed by atoms with Gasteiger partial charge in [0.15, 0.2) is 9.84 Å². The lowest BCUT2D eigenvalue weighted by Crippen LogP contribution is -2.44. The molecule has 2 heterocycles. The van der Waals surface area contributed by atoms with E-state index in [0.29, 0.717) is 23.0 Å². The number of hydrogen-bond acceptors (Lipinski definition) is 5. The number of halogens is 1. The number of thiazole rings is 1. The van der Waals surface area contributed by atoms with Gasteiger partial charge in [-0.25, -0.2) is 13.4 Å². The predicted molar refractivity (Wildman–Crippen MR) is 115 cm³/mol. The summed E-state index contributed by atoms with van der Waals surface area (Å²) in [5.74, 6) is 0. The fourth-order valence-electron chi connectivity index (χ4n) is 3.56. The molecule has 7 heteroatoms. The molecule has 0 unspecified atom stereocenters. The number of likely N-dealkylation sites (tertiary alicyclic amines) is 1. The first-order valence-corrected chi connectivity index (χ1v) is 11.9. The maximum absolute atomic E-state index is 12.5. The topological polar surface area (TPSA) is 50.3 Å². The van der Waals surface area contributed by atoms with E-state index < -0.39 is 9.84 Å². The Morgan fingerprint density at radius 3 is 2.36 bits per heavy atom. The summed E-state index contributed by atoms with van der Waals surface area (Å²) in [6.07, 6.45) is 3.08. The molecule has 0 saturated carbocycles. The van der Waals surface area contributed by atoms with Crippen LogP contribution in [0.25, 0.3) is 4.91 Å². The van der Waals surface area contributed by atoms with Gasteiger partial charge in [-0.15, -0.1) is 11.3 Å². The number of aromatic nitrogens is 1. The molecule has 0 amide bonds. The van der Waals surface area contributed by atoms with Crippen molar-refractivity contribution < 1.29 is 8.42 Å². The number of nitrogens with zero attached hydrogens (tertiary/aromatic N) is 2. The van der Waals surface area contributed by atoms with Crippen LogP contribution < -0.4 is 0 Å². The van der Waals surface area contributed by atoms with Crippen molar-refractivity contribution in [2.45, 2.75) is 6.04 Å². The van der Waals surface area contributed by atoms with Crippen molar-refractivity contribution in [3.63, 3.8) is 0 Å². The van der Waals surface area contributed by atoms with E-state index in [9.17, 15) is 8.42 Å². The van der Waals surface area contributed by atoms with Crippen LogP contribution in [0.4, 0.5) is 0 Å². The van der Waals surface area contributed by atoms with Gasteiger partial charge in [0.2, 0.25) is 0 Å². The third-order valence-electron chi connectivity index (χ3n) is 4.75. The Morgan fingerprint density at radius 1 is 1.11 bits per heavy atom. The number of sulfone groups is 1. The van der Waals surface area contributed by atoms with Gasteiger partial charge in [0, 0.05) is 35.9 Å². The molecular formula is C21H19ClN2O2S2.